The molecule has 0 saturated carbocycles. The number of sulfone groups is 1. The van der Waals surface area contributed by atoms with Gasteiger partial charge in [-0.15, -0.1) is 21.5 Å². The Morgan fingerprint density at radius 1 is 1.00 bits per heavy atom. The first kappa shape index (κ1) is 33.0. The van der Waals surface area contributed by atoms with Gasteiger partial charge in [-0.2, -0.15) is 13.1 Å². The molecule has 240 valence electrons. The normalized spacial score (nSPS) is 12.6. The fourth-order valence-electron chi connectivity index (χ4n) is 4.40. The third-order valence-corrected chi connectivity index (χ3v) is 10.9. The van der Waals surface area contributed by atoms with Gasteiger partial charge in [0.25, 0.3) is 5.91 Å². The van der Waals surface area contributed by atoms with Crippen LogP contribution in [0, 0.1) is 0 Å². The molecule has 0 bridgehead atoms. The summed E-state index contributed by atoms with van der Waals surface area (Å²) >= 11 is 7.52. The number of halogens is 1. The standard InChI is InChI=1S/C28H25ClN6O8S3/c1-35(2)27(36)19-10-8-17(12-20(19)29)18-9-11-21-22(13-18)44-26(31-21)24(45(39,40)15-16-6-4-3-5-7-16)25-33-32-23(43-25)14-30-46(41,42)34-28(37)38/h3-13,24,30,34H,14-15H2,1-2H3,(H,37,38). The summed E-state index contributed by atoms with van der Waals surface area (Å²) in [5.74, 6) is -1.27. The minimum absolute atomic E-state index is 0.136. The molecule has 0 aliphatic rings. The van der Waals surface area contributed by atoms with Crippen molar-refractivity contribution < 1.29 is 35.9 Å². The summed E-state index contributed by atoms with van der Waals surface area (Å²) < 4.78 is 60.9. The maximum Gasteiger partial charge on any atom is 0.419 e. The molecule has 2 aromatic heterocycles. The van der Waals surface area contributed by atoms with Crippen LogP contribution in [-0.2, 0) is 32.3 Å². The van der Waals surface area contributed by atoms with Crippen molar-refractivity contribution in [2.45, 2.75) is 17.5 Å². The molecule has 3 aromatic carbocycles. The number of nitrogens with zero attached hydrogens (tertiary/aromatic N) is 4. The number of benzene rings is 3. The van der Waals surface area contributed by atoms with Crippen LogP contribution in [0.5, 0.6) is 0 Å². The maximum absolute atomic E-state index is 13.9. The van der Waals surface area contributed by atoms with Crippen LogP contribution in [0.4, 0.5) is 4.79 Å². The van der Waals surface area contributed by atoms with E-state index < -0.39 is 37.9 Å². The number of carbonyl (C=O) groups excluding carboxylic acids is 1. The molecule has 18 heteroatoms. The summed E-state index contributed by atoms with van der Waals surface area (Å²) in [7, 11) is -5.28. The van der Waals surface area contributed by atoms with Gasteiger partial charge in [0.05, 0.1) is 33.1 Å². The van der Waals surface area contributed by atoms with E-state index in [0.29, 0.717) is 21.3 Å². The summed E-state index contributed by atoms with van der Waals surface area (Å²) in [6, 6.07) is 18.9. The highest BCUT2D eigenvalue weighted by molar-refractivity contribution is 7.91. The molecule has 0 radical (unpaired) electrons. The summed E-state index contributed by atoms with van der Waals surface area (Å²) in [4.78, 5) is 29.1. The Morgan fingerprint density at radius 2 is 1.70 bits per heavy atom. The van der Waals surface area contributed by atoms with Crippen molar-refractivity contribution in [3.63, 3.8) is 0 Å². The number of amides is 2. The smallest absolute Gasteiger partial charge is 0.419 e. The number of hydrogen-bond acceptors (Lipinski definition) is 11. The molecule has 0 aliphatic carbocycles. The fraction of sp³-hybridized carbons (Fsp3) is 0.179. The highest BCUT2D eigenvalue weighted by Gasteiger charge is 2.37. The topological polar surface area (TPSA) is 202 Å². The lowest BCUT2D eigenvalue weighted by Gasteiger charge is -2.12. The molecule has 1 atom stereocenters. The lowest BCUT2D eigenvalue weighted by molar-refractivity contribution is 0.0827. The van der Waals surface area contributed by atoms with Crippen molar-refractivity contribution >= 4 is 65.2 Å². The second kappa shape index (κ2) is 13.1. The van der Waals surface area contributed by atoms with Gasteiger partial charge in [0.1, 0.15) is 5.01 Å². The van der Waals surface area contributed by atoms with Crippen LogP contribution in [0.15, 0.2) is 71.1 Å². The van der Waals surface area contributed by atoms with E-state index in [-0.39, 0.29) is 33.5 Å². The van der Waals surface area contributed by atoms with E-state index in [4.69, 9.17) is 21.1 Å². The van der Waals surface area contributed by atoms with Crippen molar-refractivity contribution in [2.75, 3.05) is 14.1 Å². The zero-order chi connectivity index (χ0) is 33.2. The predicted octanol–water partition coefficient (Wildman–Crippen LogP) is 4.01. The van der Waals surface area contributed by atoms with E-state index in [9.17, 15) is 26.4 Å². The van der Waals surface area contributed by atoms with Crippen LogP contribution in [0.3, 0.4) is 0 Å². The van der Waals surface area contributed by atoms with Crippen molar-refractivity contribution in [3.05, 3.63) is 99.7 Å². The highest BCUT2D eigenvalue weighted by atomic mass is 35.5. The molecule has 5 aromatic rings. The summed E-state index contributed by atoms with van der Waals surface area (Å²) in [5, 5.41) is 15.3. The van der Waals surface area contributed by atoms with Gasteiger partial charge in [0.2, 0.25) is 11.8 Å². The molecule has 0 fully saturated rings. The molecule has 5 rings (SSSR count). The summed E-state index contributed by atoms with van der Waals surface area (Å²) in [6.07, 6.45) is -1.80. The average Bonchev–Trinajstić information content (AvgIpc) is 3.62. The Hall–Kier alpha value is -4.42. The van der Waals surface area contributed by atoms with E-state index >= 15 is 0 Å². The zero-order valence-electron chi connectivity index (χ0n) is 24.0. The van der Waals surface area contributed by atoms with Gasteiger partial charge >= 0.3 is 16.3 Å². The molecule has 14 nitrogen and oxygen atoms in total. The third kappa shape index (κ3) is 7.51. The number of fused-ring (bicyclic) bond motifs is 1. The Labute approximate surface area is 272 Å². The van der Waals surface area contributed by atoms with Gasteiger partial charge < -0.3 is 14.4 Å². The van der Waals surface area contributed by atoms with Crippen LogP contribution >= 0.6 is 22.9 Å². The highest BCUT2D eigenvalue weighted by Crippen LogP contribution is 2.38. The average molecular weight is 705 g/mol. The summed E-state index contributed by atoms with van der Waals surface area (Å²) in [5.41, 5.74) is 2.84. The molecule has 0 aliphatic heterocycles. The SMILES string of the molecule is CN(C)C(=O)c1ccc(-c2ccc3nc(C(c4nnc(CNS(=O)(=O)NC(=O)O)o4)S(=O)(=O)Cc4ccccc4)sc3c2)cc1Cl. The van der Waals surface area contributed by atoms with E-state index in [1.807, 2.05) is 10.8 Å². The van der Waals surface area contributed by atoms with Gasteiger partial charge in [-0.05, 0) is 41.0 Å². The second-order valence-electron chi connectivity index (χ2n) is 10.1. The number of nitrogens with one attached hydrogen (secondary N) is 2. The summed E-state index contributed by atoms with van der Waals surface area (Å²) in [6.45, 7) is -0.605. The van der Waals surface area contributed by atoms with Gasteiger partial charge in [-0.25, -0.2) is 22.9 Å². The molecule has 46 heavy (non-hydrogen) atoms. The Morgan fingerprint density at radius 3 is 2.37 bits per heavy atom. The molecule has 2 amide bonds. The van der Waals surface area contributed by atoms with Crippen molar-refractivity contribution in [2.24, 2.45) is 0 Å². The van der Waals surface area contributed by atoms with E-state index in [1.165, 1.54) is 9.62 Å². The largest absolute Gasteiger partial charge is 0.464 e. The van der Waals surface area contributed by atoms with Crippen LogP contribution < -0.4 is 9.44 Å². The minimum atomic E-state index is -4.45. The Kier molecular flexibility index (Phi) is 9.41. The molecule has 0 saturated heterocycles. The van der Waals surface area contributed by atoms with Gasteiger partial charge in [0.15, 0.2) is 15.1 Å². The number of carboxylic acid groups (broad SMARTS) is 1. The van der Waals surface area contributed by atoms with E-state index in [2.05, 4.69) is 15.2 Å². The third-order valence-electron chi connectivity index (χ3n) is 6.48. The number of hydrogen-bond donors (Lipinski definition) is 3. The number of aromatic nitrogens is 3. The van der Waals surface area contributed by atoms with E-state index in [1.54, 1.807) is 74.8 Å². The number of rotatable bonds is 11. The fourth-order valence-corrected chi connectivity index (χ4v) is 8.43. The van der Waals surface area contributed by atoms with Crippen LogP contribution in [-0.4, -0.2) is 68.1 Å². The lowest BCUT2D eigenvalue weighted by Crippen LogP contribution is -2.39. The Balaban J connectivity index is 1.51. The van der Waals surface area contributed by atoms with Crippen LogP contribution in [0.25, 0.3) is 21.3 Å². The molecule has 3 N–H and O–H groups in total. The van der Waals surface area contributed by atoms with Gasteiger partial charge in [-0.1, -0.05) is 54.1 Å². The van der Waals surface area contributed by atoms with Crippen molar-refractivity contribution in [1.82, 2.24) is 29.5 Å². The van der Waals surface area contributed by atoms with Crippen LogP contribution in [0.2, 0.25) is 5.02 Å². The monoisotopic (exact) mass is 704 g/mol. The molecule has 0 spiro atoms. The molecular weight excluding hydrogens is 680 g/mol. The number of carbonyl (C=O) groups is 2. The first-order chi connectivity index (χ1) is 21.7. The maximum atomic E-state index is 13.9. The minimum Gasteiger partial charge on any atom is -0.464 e. The van der Waals surface area contributed by atoms with Crippen molar-refractivity contribution in [3.8, 4) is 11.1 Å². The second-order valence-corrected chi connectivity index (χ2v) is 15.1. The van der Waals surface area contributed by atoms with Gasteiger partial charge in [0, 0.05) is 14.1 Å². The van der Waals surface area contributed by atoms with Crippen molar-refractivity contribution in [1.29, 1.82) is 0 Å². The quantitative estimate of drug-likeness (QED) is 0.179. The zero-order valence-corrected chi connectivity index (χ0v) is 27.2. The first-order valence-corrected chi connectivity index (χ1v) is 17.6. The van der Waals surface area contributed by atoms with Crippen LogP contribution in [0.1, 0.15) is 38.0 Å². The molecule has 2 heterocycles. The first-order valence-electron chi connectivity index (χ1n) is 13.2. The predicted molar refractivity (Wildman–Crippen MR) is 170 cm³/mol. The van der Waals surface area contributed by atoms with Gasteiger partial charge in [-0.3, -0.25) is 4.79 Å². The lowest BCUT2D eigenvalue weighted by atomic mass is 10.0. The molecule has 1 unspecified atom stereocenters. The molecular formula is C28H25ClN6O8S3. The Bertz CT molecular complexity index is 2150. The number of thiazole rings is 1. The van der Waals surface area contributed by atoms with E-state index in [0.717, 1.165) is 22.5 Å².